The van der Waals surface area contributed by atoms with Crippen molar-refractivity contribution in [1.82, 2.24) is 0 Å². The Bertz CT molecular complexity index is 360. The molecule has 16 heavy (non-hydrogen) atoms. The number of aliphatic carboxylic acids is 2. The highest BCUT2D eigenvalue weighted by molar-refractivity contribution is 5.89. The van der Waals surface area contributed by atoms with Crippen LogP contribution in [0.2, 0.25) is 0 Å². The Hall–Kier alpha value is -1.66. The quantitative estimate of drug-likeness (QED) is 0.611. The average molecular weight is 227 g/mol. The molecule has 6 nitrogen and oxygen atoms in total. The van der Waals surface area contributed by atoms with E-state index in [2.05, 4.69) is 0 Å². The summed E-state index contributed by atoms with van der Waals surface area (Å²) in [6.07, 6.45) is 2.64. The molecule has 1 unspecified atom stereocenters. The highest BCUT2D eigenvalue weighted by Gasteiger charge is 2.29. The number of allylic oxidation sites excluding steroid dienone is 2. The van der Waals surface area contributed by atoms with E-state index in [-0.39, 0.29) is 5.57 Å². The van der Waals surface area contributed by atoms with Crippen molar-refractivity contribution in [3.8, 4) is 0 Å². The summed E-state index contributed by atoms with van der Waals surface area (Å²) in [5.41, 5.74) is 5.66. The van der Waals surface area contributed by atoms with Gasteiger partial charge in [-0.05, 0) is 6.92 Å². The van der Waals surface area contributed by atoms with Gasteiger partial charge in [-0.25, -0.2) is 9.59 Å². The van der Waals surface area contributed by atoms with Gasteiger partial charge in [-0.2, -0.15) is 0 Å². The minimum absolute atomic E-state index is 0.00471. The normalized spacial score (nSPS) is 26.0. The number of ether oxygens (including phenoxy) is 1. The van der Waals surface area contributed by atoms with Gasteiger partial charge in [0.05, 0.1) is 17.7 Å². The molecule has 0 aromatic rings. The molecule has 0 aromatic heterocycles. The van der Waals surface area contributed by atoms with E-state index in [1.165, 1.54) is 25.2 Å². The lowest BCUT2D eigenvalue weighted by Gasteiger charge is -2.25. The topological polar surface area (TPSA) is 110 Å². The maximum atomic E-state index is 10.8. The van der Waals surface area contributed by atoms with Crippen molar-refractivity contribution in [1.29, 1.82) is 0 Å². The fourth-order valence-corrected chi connectivity index (χ4v) is 1.31. The fourth-order valence-electron chi connectivity index (χ4n) is 1.31. The van der Waals surface area contributed by atoms with Crippen LogP contribution in [-0.2, 0) is 14.3 Å². The molecule has 0 saturated heterocycles. The van der Waals surface area contributed by atoms with E-state index in [0.29, 0.717) is 0 Å². The van der Waals surface area contributed by atoms with Crippen LogP contribution in [-0.4, -0.2) is 40.4 Å². The van der Waals surface area contributed by atoms with Gasteiger partial charge in [0.25, 0.3) is 0 Å². The van der Waals surface area contributed by atoms with Gasteiger partial charge < -0.3 is 20.7 Å². The lowest BCUT2D eigenvalue weighted by Crippen LogP contribution is -2.43. The predicted molar refractivity (Wildman–Crippen MR) is 54.8 cm³/mol. The van der Waals surface area contributed by atoms with Gasteiger partial charge in [-0.15, -0.1) is 0 Å². The Morgan fingerprint density at radius 1 is 1.50 bits per heavy atom. The number of nitrogens with two attached hydrogens (primary N) is 1. The molecular weight excluding hydrogens is 214 g/mol. The van der Waals surface area contributed by atoms with Crippen LogP contribution in [0.4, 0.5) is 0 Å². The molecule has 0 bridgehead atoms. The number of hydrogen-bond acceptors (Lipinski definition) is 4. The van der Waals surface area contributed by atoms with E-state index in [1.54, 1.807) is 0 Å². The number of carboxylic acids is 2. The maximum Gasteiger partial charge on any atom is 0.333 e. The van der Waals surface area contributed by atoms with Crippen molar-refractivity contribution in [2.45, 2.75) is 25.2 Å². The standard InChI is InChI=1S/C10H13NO5/c1-5(9(12)13)16-7-4-2-3-6(8(7)11)10(14)15/h2-5,7-8H,11H2,1H3,(H,12,13)(H,14,15)/t5?,7-,8-/m0/s1. The van der Waals surface area contributed by atoms with Crippen molar-refractivity contribution in [3.05, 3.63) is 23.8 Å². The molecule has 1 aliphatic carbocycles. The fraction of sp³-hybridized carbons (Fsp3) is 0.400. The first-order chi connectivity index (χ1) is 7.43. The average Bonchev–Trinajstić information content (AvgIpc) is 2.20. The molecule has 0 heterocycles. The zero-order valence-corrected chi connectivity index (χ0v) is 8.66. The Morgan fingerprint density at radius 2 is 2.12 bits per heavy atom. The summed E-state index contributed by atoms with van der Waals surface area (Å²) < 4.78 is 5.13. The lowest BCUT2D eigenvalue weighted by atomic mass is 9.97. The molecule has 3 atom stereocenters. The second-order valence-corrected chi connectivity index (χ2v) is 3.42. The summed E-state index contributed by atoms with van der Waals surface area (Å²) in [7, 11) is 0. The van der Waals surface area contributed by atoms with E-state index in [9.17, 15) is 9.59 Å². The summed E-state index contributed by atoms with van der Waals surface area (Å²) in [5.74, 6) is -2.25. The smallest absolute Gasteiger partial charge is 0.333 e. The van der Waals surface area contributed by atoms with Gasteiger partial charge >= 0.3 is 11.9 Å². The van der Waals surface area contributed by atoms with Crippen molar-refractivity contribution in [2.75, 3.05) is 0 Å². The van der Waals surface area contributed by atoms with Crippen LogP contribution in [0, 0.1) is 0 Å². The Balaban J connectivity index is 2.72. The second-order valence-electron chi connectivity index (χ2n) is 3.42. The molecule has 0 fully saturated rings. The zero-order chi connectivity index (χ0) is 12.3. The molecular formula is C10H13NO5. The van der Waals surface area contributed by atoms with E-state index in [0.717, 1.165) is 0 Å². The first kappa shape index (κ1) is 12.4. The van der Waals surface area contributed by atoms with Gasteiger partial charge in [0, 0.05) is 0 Å². The van der Waals surface area contributed by atoms with Gasteiger partial charge in [-0.3, -0.25) is 0 Å². The van der Waals surface area contributed by atoms with E-state index < -0.39 is 30.2 Å². The van der Waals surface area contributed by atoms with E-state index in [4.69, 9.17) is 20.7 Å². The lowest BCUT2D eigenvalue weighted by molar-refractivity contribution is -0.151. The van der Waals surface area contributed by atoms with Crippen LogP contribution < -0.4 is 5.73 Å². The van der Waals surface area contributed by atoms with Crippen molar-refractivity contribution in [2.24, 2.45) is 5.73 Å². The SMILES string of the molecule is CC(O[C@H]1C=CC=C(C(=O)O)[C@@H]1N)C(=O)O. The molecule has 0 radical (unpaired) electrons. The maximum absolute atomic E-state index is 10.8. The third-order valence-corrected chi connectivity index (χ3v) is 2.25. The molecule has 1 rings (SSSR count). The molecule has 0 amide bonds. The summed E-state index contributed by atoms with van der Waals surface area (Å²) in [6.45, 7) is 1.36. The number of carbonyl (C=O) groups is 2. The minimum atomic E-state index is -1.13. The molecule has 0 aromatic carbocycles. The van der Waals surface area contributed by atoms with Gasteiger partial charge in [0.2, 0.25) is 0 Å². The molecule has 1 aliphatic rings. The second kappa shape index (κ2) is 4.91. The Labute approximate surface area is 92.0 Å². The summed E-state index contributed by atoms with van der Waals surface area (Å²) >= 11 is 0. The van der Waals surface area contributed by atoms with Gasteiger partial charge in [0.15, 0.2) is 6.10 Å². The number of rotatable bonds is 4. The van der Waals surface area contributed by atoms with Crippen molar-refractivity contribution >= 4 is 11.9 Å². The van der Waals surface area contributed by atoms with Gasteiger partial charge in [0.1, 0.15) is 0 Å². The predicted octanol–water partition coefficient (Wildman–Crippen LogP) is -0.247. The van der Waals surface area contributed by atoms with Crippen LogP contribution in [0.5, 0.6) is 0 Å². The van der Waals surface area contributed by atoms with Crippen LogP contribution in [0.15, 0.2) is 23.8 Å². The monoisotopic (exact) mass is 227 g/mol. The summed E-state index contributed by atoms with van der Waals surface area (Å²) in [4.78, 5) is 21.4. The Kier molecular flexibility index (Phi) is 3.81. The van der Waals surface area contributed by atoms with Crippen molar-refractivity contribution in [3.63, 3.8) is 0 Å². The molecule has 4 N–H and O–H groups in total. The summed E-state index contributed by atoms with van der Waals surface area (Å²) in [5, 5.41) is 17.5. The van der Waals surface area contributed by atoms with Crippen LogP contribution in [0.3, 0.4) is 0 Å². The largest absolute Gasteiger partial charge is 0.479 e. The van der Waals surface area contributed by atoms with Crippen molar-refractivity contribution < 1.29 is 24.5 Å². The number of carboxylic acid groups (broad SMARTS) is 2. The van der Waals surface area contributed by atoms with E-state index in [1.807, 2.05) is 0 Å². The number of hydrogen-bond donors (Lipinski definition) is 3. The van der Waals surface area contributed by atoms with Gasteiger partial charge in [-0.1, -0.05) is 18.2 Å². The molecule has 88 valence electrons. The summed E-state index contributed by atoms with van der Waals surface area (Å²) in [6, 6.07) is -0.857. The minimum Gasteiger partial charge on any atom is -0.479 e. The highest BCUT2D eigenvalue weighted by Crippen LogP contribution is 2.16. The molecule has 6 heteroatoms. The third-order valence-electron chi connectivity index (χ3n) is 2.25. The van der Waals surface area contributed by atoms with Crippen LogP contribution in [0.25, 0.3) is 0 Å². The van der Waals surface area contributed by atoms with E-state index >= 15 is 0 Å². The molecule has 0 spiro atoms. The molecule has 0 aliphatic heterocycles. The van der Waals surface area contributed by atoms with Crippen LogP contribution in [0.1, 0.15) is 6.92 Å². The highest BCUT2D eigenvalue weighted by atomic mass is 16.5. The van der Waals surface area contributed by atoms with Crippen LogP contribution >= 0.6 is 0 Å². The third kappa shape index (κ3) is 2.68. The Morgan fingerprint density at radius 3 is 2.62 bits per heavy atom. The first-order valence-corrected chi connectivity index (χ1v) is 4.69. The first-order valence-electron chi connectivity index (χ1n) is 4.69. The molecule has 0 saturated carbocycles. The zero-order valence-electron chi connectivity index (χ0n) is 8.66.